The van der Waals surface area contributed by atoms with Crippen molar-refractivity contribution in [1.82, 2.24) is 20.6 Å². The predicted octanol–water partition coefficient (Wildman–Crippen LogP) is 6.51. The van der Waals surface area contributed by atoms with Crippen LogP contribution in [-0.4, -0.2) is 52.9 Å². The van der Waals surface area contributed by atoms with Gasteiger partial charge < -0.3 is 20.1 Å². The molecule has 2 N–H and O–H groups in total. The number of rotatable bonds is 9. The van der Waals surface area contributed by atoms with E-state index in [0.717, 1.165) is 29.2 Å². The largest absolute Gasteiger partial charge is 0.449 e. The van der Waals surface area contributed by atoms with E-state index in [1.54, 1.807) is 51.1 Å². The van der Waals surface area contributed by atoms with Gasteiger partial charge in [0.2, 0.25) is 11.9 Å². The lowest BCUT2D eigenvalue weighted by Crippen LogP contribution is -2.46. The van der Waals surface area contributed by atoms with Crippen molar-refractivity contribution in [1.29, 1.82) is 0 Å². The van der Waals surface area contributed by atoms with Gasteiger partial charge in [0.1, 0.15) is 11.6 Å². The molecule has 14 heteroatoms. The summed E-state index contributed by atoms with van der Waals surface area (Å²) in [6.07, 6.45) is -4.67. The van der Waals surface area contributed by atoms with Gasteiger partial charge in [0.15, 0.2) is 0 Å². The average molecular weight is 622 g/mol. The van der Waals surface area contributed by atoms with Crippen LogP contribution in [0.5, 0.6) is 0 Å². The molecule has 0 aliphatic carbocycles. The van der Waals surface area contributed by atoms with Gasteiger partial charge in [-0.1, -0.05) is 23.7 Å². The maximum absolute atomic E-state index is 13.2. The van der Waals surface area contributed by atoms with E-state index >= 15 is 0 Å². The Bertz CT molecular complexity index is 1430. The van der Waals surface area contributed by atoms with Gasteiger partial charge >= 0.3 is 18.4 Å². The molecule has 0 bridgehead atoms. The molecule has 0 aliphatic rings. The van der Waals surface area contributed by atoms with E-state index in [1.165, 1.54) is 13.1 Å². The van der Waals surface area contributed by atoms with Gasteiger partial charge in [-0.3, -0.25) is 4.79 Å². The fourth-order valence-electron chi connectivity index (χ4n) is 3.58. The first-order valence-corrected chi connectivity index (χ1v) is 13.5. The number of benzene rings is 2. The molecule has 1 aromatic heterocycles. The second-order valence-corrected chi connectivity index (χ2v) is 10.7. The van der Waals surface area contributed by atoms with Crippen molar-refractivity contribution in [2.75, 3.05) is 18.1 Å². The number of ether oxygens (including phenoxy) is 2. The number of amides is 3. The van der Waals surface area contributed by atoms with Gasteiger partial charge in [0.25, 0.3) is 0 Å². The number of halogens is 4. The van der Waals surface area contributed by atoms with Crippen LogP contribution in [0, 0.1) is 0 Å². The fourth-order valence-corrected chi connectivity index (χ4v) is 3.77. The first kappa shape index (κ1) is 33.1. The number of nitrogens with zero attached hydrogens (tertiary/aromatic N) is 3. The Hall–Kier alpha value is -4.39. The summed E-state index contributed by atoms with van der Waals surface area (Å²) in [6, 6.07) is 11.4. The summed E-state index contributed by atoms with van der Waals surface area (Å²) in [7, 11) is 0. The lowest BCUT2D eigenvalue weighted by atomic mass is 10.1. The van der Waals surface area contributed by atoms with Crippen LogP contribution in [0.25, 0.3) is 11.3 Å². The molecule has 0 saturated heterocycles. The number of alkyl halides is 3. The Labute approximate surface area is 251 Å². The highest BCUT2D eigenvalue weighted by Gasteiger charge is 2.31. The minimum atomic E-state index is -4.57. The van der Waals surface area contributed by atoms with Crippen LogP contribution in [0.1, 0.15) is 39.7 Å². The van der Waals surface area contributed by atoms with Crippen molar-refractivity contribution < 1.29 is 37.0 Å². The molecule has 3 aromatic rings. The number of carbonyl (C=O) groups is 3. The molecule has 0 fully saturated rings. The van der Waals surface area contributed by atoms with E-state index in [-0.39, 0.29) is 31.2 Å². The third kappa shape index (κ3) is 10.1. The van der Waals surface area contributed by atoms with E-state index in [0.29, 0.717) is 16.3 Å². The summed E-state index contributed by atoms with van der Waals surface area (Å²) >= 11 is 6.09. The van der Waals surface area contributed by atoms with Gasteiger partial charge in [-0.2, -0.15) is 13.2 Å². The Kier molecular flexibility index (Phi) is 10.9. The van der Waals surface area contributed by atoms with Crippen molar-refractivity contribution in [3.8, 4) is 11.3 Å². The number of alkyl carbamates (subject to hydrolysis) is 1. The predicted molar refractivity (Wildman–Crippen MR) is 154 cm³/mol. The zero-order valence-corrected chi connectivity index (χ0v) is 24.6. The third-order valence-electron chi connectivity index (χ3n) is 5.57. The molecule has 43 heavy (non-hydrogen) atoms. The molecule has 0 spiro atoms. The monoisotopic (exact) mass is 621 g/mol. The molecule has 0 radical (unpaired) electrons. The van der Waals surface area contributed by atoms with E-state index in [2.05, 4.69) is 20.6 Å². The van der Waals surface area contributed by atoms with Crippen LogP contribution in [0.2, 0.25) is 5.02 Å². The molecule has 1 atom stereocenters. The van der Waals surface area contributed by atoms with E-state index in [9.17, 15) is 27.6 Å². The molecule has 230 valence electrons. The maximum Gasteiger partial charge on any atom is 0.421 e. The van der Waals surface area contributed by atoms with Gasteiger partial charge in [0.05, 0.1) is 23.6 Å². The quantitative estimate of drug-likeness (QED) is 0.261. The number of hydrogen-bond donors (Lipinski definition) is 2. The number of aromatic nitrogens is 2. The highest BCUT2D eigenvalue weighted by molar-refractivity contribution is 6.30. The van der Waals surface area contributed by atoms with Gasteiger partial charge in [-0.25, -0.2) is 24.5 Å². The summed E-state index contributed by atoms with van der Waals surface area (Å²) in [5, 5.41) is 5.49. The fraction of sp³-hybridized carbons (Fsp3) is 0.345. The molecular weight excluding hydrogens is 591 g/mol. The Morgan fingerprint density at radius 3 is 2.37 bits per heavy atom. The SMILES string of the molecule is C[C@H](NC(=O)OC(C)(C)C)C(=O)NCCCOC(=O)N(c1ccc(C(F)(F)F)cc1)c1nccc(-c2cccc(Cl)c2)n1. The summed E-state index contributed by atoms with van der Waals surface area (Å²) < 4.78 is 49.9. The summed E-state index contributed by atoms with van der Waals surface area (Å²) in [4.78, 5) is 46.9. The Morgan fingerprint density at radius 2 is 1.74 bits per heavy atom. The Morgan fingerprint density at radius 1 is 1.05 bits per heavy atom. The van der Waals surface area contributed by atoms with Crippen LogP contribution in [0.3, 0.4) is 0 Å². The van der Waals surface area contributed by atoms with Crippen LogP contribution in [-0.2, 0) is 20.4 Å². The number of nitrogens with one attached hydrogen (secondary N) is 2. The smallest absolute Gasteiger partial charge is 0.421 e. The van der Waals surface area contributed by atoms with Crippen LogP contribution < -0.4 is 15.5 Å². The van der Waals surface area contributed by atoms with Crippen molar-refractivity contribution >= 4 is 41.3 Å². The number of anilines is 2. The summed E-state index contributed by atoms with van der Waals surface area (Å²) in [6.45, 7) is 6.52. The topological polar surface area (TPSA) is 123 Å². The van der Waals surface area contributed by atoms with Gasteiger partial charge in [0, 0.05) is 23.3 Å². The lowest BCUT2D eigenvalue weighted by molar-refractivity contribution is -0.137. The normalized spacial score (nSPS) is 12.2. The molecule has 3 amide bonds. The summed E-state index contributed by atoms with van der Waals surface area (Å²) in [5.41, 5.74) is -0.544. The highest BCUT2D eigenvalue weighted by atomic mass is 35.5. The van der Waals surface area contributed by atoms with E-state index in [4.69, 9.17) is 21.1 Å². The molecule has 2 aromatic carbocycles. The van der Waals surface area contributed by atoms with Crippen LogP contribution >= 0.6 is 11.6 Å². The molecule has 1 heterocycles. The second kappa shape index (κ2) is 14.2. The average Bonchev–Trinajstić information content (AvgIpc) is 2.92. The van der Waals surface area contributed by atoms with Crippen molar-refractivity contribution in [2.24, 2.45) is 0 Å². The second-order valence-electron chi connectivity index (χ2n) is 10.3. The first-order chi connectivity index (χ1) is 20.1. The molecule has 0 unspecified atom stereocenters. The number of carbonyl (C=O) groups excluding carboxylic acids is 3. The minimum Gasteiger partial charge on any atom is -0.449 e. The van der Waals surface area contributed by atoms with Crippen LogP contribution in [0.15, 0.2) is 60.8 Å². The van der Waals surface area contributed by atoms with Gasteiger partial charge in [-0.15, -0.1) is 0 Å². The Balaban J connectivity index is 1.68. The molecule has 0 aliphatic heterocycles. The van der Waals surface area contributed by atoms with Crippen molar-refractivity contribution in [3.05, 3.63) is 71.4 Å². The molecule has 0 saturated carbocycles. The zero-order chi connectivity index (χ0) is 31.8. The summed E-state index contributed by atoms with van der Waals surface area (Å²) in [5.74, 6) is -0.618. The lowest BCUT2D eigenvalue weighted by Gasteiger charge is -2.22. The molecular formula is C29H31ClF3N5O5. The van der Waals surface area contributed by atoms with E-state index < -0.39 is 41.5 Å². The van der Waals surface area contributed by atoms with Crippen molar-refractivity contribution in [3.63, 3.8) is 0 Å². The zero-order valence-electron chi connectivity index (χ0n) is 23.9. The van der Waals surface area contributed by atoms with E-state index in [1.807, 2.05) is 0 Å². The highest BCUT2D eigenvalue weighted by Crippen LogP contribution is 2.32. The molecule has 3 rings (SSSR count). The number of hydrogen-bond acceptors (Lipinski definition) is 7. The standard InChI is InChI=1S/C29H31ClF3N5O5/c1-18(36-26(40)43-28(2,3)4)24(39)34-14-6-16-42-27(41)38(22-11-9-20(10-12-22)29(31,32)33)25-35-15-13-23(37-25)19-7-5-8-21(30)17-19/h5,7-13,15,17-18H,6,14,16H2,1-4H3,(H,34,39)(H,36,40)/t18-/m0/s1. The molecule has 10 nitrogen and oxygen atoms in total. The van der Waals surface area contributed by atoms with Gasteiger partial charge in [-0.05, 0) is 76.6 Å². The first-order valence-electron chi connectivity index (χ1n) is 13.1. The van der Waals surface area contributed by atoms with Crippen LogP contribution in [0.4, 0.5) is 34.4 Å². The van der Waals surface area contributed by atoms with Crippen molar-refractivity contribution in [2.45, 2.75) is 51.9 Å². The third-order valence-corrected chi connectivity index (χ3v) is 5.81. The maximum atomic E-state index is 13.2. The minimum absolute atomic E-state index is 0.0385.